The van der Waals surface area contributed by atoms with Crippen molar-refractivity contribution in [1.82, 2.24) is 0 Å². The van der Waals surface area contributed by atoms with E-state index in [9.17, 15) is 0 Å². The Bertz CT molecular complexity index is 5200. The van der Waals surface area contributed by atoms with Crippen molar-refractivity contribution in [1.29, 1.82) is 0 Å². The molecule has 0 saturated carbocycles. The summed E-state index contributed by atoms with van der Waals surface area (Å²) in [6.45, 7) is 0. The summed E-state index contributed by atoms with van der Waals surface area (Å²) >= 11 is 1.89. The van der Waals surface area contributed by atoms with E-state index in [0.717, 1.165) is 54.6 Å². The van der Waals surface area contributed by atoms with E-state index in [0.29, 0.717) is 0 Å². The number of thiophene rings is 1. The Morgan fingerprint density at radius 2 is 0.627 bits per heavy atom. The predicted octanol–water partition coefficient (Wildman–Crippen LogP) is 21.4. The van der Waals surface area contributed by atoms with Crippen LogP contribution in [0.5, 0.6) is 0 Å². The number of fused-ring (bicyclic) bond motifs is 17. The Morgan fingerprint density at radius 1 is 0.240 bits per heavy atom. The Balaban J connectivity index is 0.843. The summed E-state index contributed by atoms with van der Waals surface area (Å²) in [6.07, 6.45) is 0. The molecule has 3 heteroatoms. The molecule has 0 spiro atoms. The lowest BCUT2D eigenvalue weighted by molar-refractivity contribution is 0.672. The SMILES string of the molecule is c1ccc2c(c1)ccc1c3cc(-c4c5ccccc5c(-c5ccc6c(c5)sc5cccc(-c7c8ccccc8c(-c8ccc9oc%10c%11ccccc%11ccc%10c9c8)c8ccccc78)c56)c5ccccc45)ccc3oc21. The van der Waals surface area contributed by atoms with E-state index in [1.165, 1.54) is 119 Å². The molecule has 14 aromatic carbocycles. The summed E-state index contributed by atoms with van der Waals surface area (Å²) in [5.74, 6) is 0. The van der Waals surface area contributed by atoms with Crippen LogP contribution in [0.3, 0.4) is 0 Å². The molecule has 2 nitrogen and oxygen atoms in total. The van der Waals surface area contributed by atoms with Crippen LogP contribution in [-0.2, 0) is 0 Å². The van der Waals surface area contributed by atoms with Crippen LogP contribution in [0, 0.1) is 0 Å². The lowest BCUT2D eigenvalue weighted by Gasteiger charge is -2.18. The molecular weight excluding hydrogens is 929 g/mol. The maximum absolute atomic E-state index is 6.60. The van der Waals surface area contributed by atoms with Gasteiger partial charge >= 0.3 is 0 Å². The van der Waals surface area contributed by atoms with Crippen LogP contribution in [0.2, 0.25) is 0 Å². The molecular formula is C72H40O2S. The molecule has 0 aliphatic carbocycles. The van der Waals surface area contributed by atoms with Gasteiger partial charge in [-0.2, -0.15) is 0 Å². The zero-order valence-corrected chi connectivity index (χ0v) is 41.1. The van der Waals surface area contributed by atoms with Crippen LogP contribution in [0.15, 0.2) is 251 Å². The van der Waals surface area contributed by atoms with E-state index in [2.05, 4.69) is 243 Å². The molecule has 0 radical (unpaired) electrons. The molecule has 0 bridgehead atoms. The molecule has 0 aliphatic rings. The minimum Gasteiger partial charge on any atom is -0.455 e. The standard InChI is InChI=1S/C72H40O2S/c1-3-16-46-41(14-1)28-33-56-60-38-43(31-36-62(60)73-71(46)56)66-48-18-5-7-20-50(48)68(51-21-8-6-19-49(51)66)45-30-35-58-65(40-45)75-64-27-13-26-59(70(58)64)69-54-24-11-9-22-52(54)67(53-23-10-12-25-55(53)69)44-32-37-63-61(39-44)57-34-29-42-15-2-4-17-47(42)72(57)74-63/h1-40H. The monoisotopic (exact) mass is 968 g/mol. The average molecular weight is 969 g/mol. The highest BCUT2D eigenvalue weighted by Crippen LogP contribution is 2.51. The van der Waals surface area contributed by atoms with Gasteiger partial charge in [-0.1, -0.05) is 194 Å². The normalized spacial score (nSPS) is 12.3. The molecule has 0 N–H and O–H groups in total. The van der Waals surface area contributed by atoms with Crippen LogP contribution >= 0.6 is 11.3 Å². The highest BCUT2D eigenvalue weighted by Gasteiger charge is 2.23. The Morgan fingerprint density at radius 3 is 1.09 bits per heavy atom. The first-order valence-electron chi connectivity index (χ1n) is 25.7. The van der Waals surface area contributed by atoms with Gasteiger partial charge in [0.25, 0.3) is 0 Å². The lowest BCUT2D eigenvalue weighted by Crippen LogP contribution is -1.91. The smallest absolute Gasteiger partial charge is 0.143 e. The second kappa shape index (κ2) is 15.5. The minimum atomic E-state index is 0.902. The number of hydrogen-bond donors (Lipinski definition) is 0. The van der Waals surface area contributed by atoms with Gasteiger partial charge in [0.1, 0.15) is 22.3 Å². The molecule has 3 heterocycles. The number of hydrogen-bond acceptors (Lipinski definition) is 3. The summed E-state index contributed by atoms with van der Waals surface area (Å²) in [5.41, 5.74) is 13.5. The maximum Gasteiger partial charge on any atom is 0.143 e. The fourth-order valence-electron chi connectivity index (χ4n) is 13.0. The van der Waals surface area contributed by atoms with Crippen LogP contribution in [0.4, 0.5) is 0 Å². The molecule has 0 unspecified atom stereocenters. The van der Waals surface area contributed by atoms with Gasteiger partial charge in [-0.3, -0.25) is 0 Å². The van der Waals surface area contributed by atoms with Gasteiger partial charge in [0.05, 0.1) is 0 Å². The van der Waals surface area contributed by atoms with Crippen LogP contribution in [0.1, 0.15) is 0 Å². The highest BCUT2D eigenvalue weighted by molar-refractivity contribution is 7.26. The van der Waals surface area contributed by atoms with Crippen molar-refractivity contribution in [3.8, 4) is 44.5 Å². The first kappa shape index (κ1) is 41.0. The second-order valence-electron chi connectivity index (χ2n) is 20.1. The van der Waals surface area contributed by atoms with Gasteiger partial charge in [0.15, 0.2) is 0 Å². The summed E-state index contributed by atoms with van der Waals surface area (Å²) < 4.78 is 15.7. The summed E-state index contributed by atoms with van der Waals surface area (Å²) in [6, 6.07) is 89.4. The van der Waals surface area contributed by atoms with Crippen molar-refractivity contribution in [2.24, 2.45) is 0 Å². The fourth-order valence-corrected chi connectivity index (χ4v) is 14.2. The summed E-state index contributed by atoms with van der Waals surface area (Å²) in [7, 11) is 0. The molecule has 17 rings (SSSR count). The van der Waals surface area contributed by atoms with Gasteiger partial charge in [0.2, 0.25) is 0 Å². The van der Waals surface area contributed by atoms with E-state index in [1.54, 1.807) is 0 Å². The zero-order chi connectivity index (χ0) is 48.9. The quantitative estimate of drug-likeness (QED) is 0.164. The van der Waals surface area contributed by atoms with Gasteiger partial charge in [-0.15, -0.1) is 11.3 Å². The predicted molar refractivity (Wildman–Crippen MR) is 321 cm³/mol. The largest absolute Gasteiger partial charge is 0.455 e. The van der Waals surface area contributed by atoms with E-state index in [-0.39, 0.29) is 0 Å². The van der Waals surface area contributed by atoms with Gasteiger partial charge in [0, 0.05) is 52.5 Å². The third kappa shape index (κ3) is 5.84. The van der Waals surface area contributed by atoms with E-state index < -0.39 is 0 Å². The topological polar surface area (TPSA) is 26.3 Å². The third-order valence-corrected chi connectivity index (χ3v) is 17.3. The molecule has 0 aliphatic heterocycles. The van der Waals surface area contributed by atoms with Crippen molar-refractivity contribution >= 4 is 140 Å². The van der Waals surface area contributed by atoms with Gasteiger partial charge in [-0.05, 0) is 147 Å². The Hall–Kier alpha value is -9.54. The van der Waals surface area contributed by atoms with Crippen molar-refractivity contribution in [3.63, 3.8) is 0 Å². The molecule has 0 atom stereocenters. The molecule has 17 aromatic rings. The van der Waals surface area contributed by atoms with E-state index >= 15 is 0 Å². The Labute approximate surface area is 433 Å². The molecule has 0 amide bonds. The fraction of sp³-hybridized carbons (Fsp3) is 0. The number of rotatable bonds is 4. The van der Waals surface area contributed by atoms with Crippen LogP contribution < -0.4 is 0 Å². The number of benzene rings is 14. The zero-order valence-electron chi connectivity index (χ0n) is 40.3. The third-order valence-electron chi connectivity index (χ3n) is 16.2. The molecule has 75 heavy (non-hydrogen) atoms. The van der Waals surface area contributed by atoms with Crippen LogP contribution in [-0.4, -0.2) is 0 Å². The maximum atomic E-state index is 6.60. The van der Waals surface area contributed by atoms with Crippen molar-refractivity contribution in [2.45, 2.75) is 0 Å². The van der Waals surface area contributed by atoms with Crippen molar-refractivity contribution in [2.75, 3.05) is 0 Å². The summed E-state index contributed by atoms with van der Waals surface area (Å²) in [5, 5.41) is 21.6. The Kier molecular flexibility index (Phi) is 8.46. The first-order chi connectivity index (χ1) is 37.2. The average Bonchev–Trinajstić information content (AvgIpc) is 4.20. The first-order valence-corrected chi connectivity index (χ1v) is 26.5. The number of furan rings is 2. The molecule has 3 aromatic heterocycles. The summed E-state index contributed by atoms with van der Waals surface area (Å²) in [4.78, 5) is 0. The lowest BCUT2D eigenvalue weighted by atomic mass is 9.84. The van der Waals surface area contributed by atoms with E-state index in [1.807, 2.05) is 11.3 Å². The van der Waals surface area contributed by atoms with Crippen molar-refractivity contribution < 1.29 is 8.83 Å². The van der Waals surface area contributed by atoms with Crippen LogP contribution in [0.25, 0.3) is 173 Å². The highest BCUT2D eigenvalue weighted by atomic mass is 32.1. The molecule has 0 saturated heterocycles. The van der Waals surface area contributed by atoms with Gasteiger partial charge in [-0.25, -0.2) is 0 Å². The molecule has 346 valence electrons. The van der Waals surface area contributed by atoms with Gasteiger partial charge < -0.3 is 8.83 Å². The minimum absolute atomic E-state index is 0.902. The second-order valence-corrected chi connectivity index (χ2v) is 21.2. The van der Waals surface area contributed by atoms with E-state index in [4.69, 9.17) is 8.83 Å². The molecule has 0 fully saturated rings. The van der Waals surface area contributed by atoms with Crippen molar-refractivity contribution in [3.05, 3.63) is 243 Å².